The first-order chi connectivity index (χ1) is 7.39. The standard InChI is InChI=1S/C12H23NO3/c1-4-11(3,10(14)15)12(16)6-8-13(5-2)9-7-12/h16H,4-9H2,1-3H3,(H,14,15). The lowest BCUT2D eigenvalue weighted by Crippen LogP contribution is -2.56. The van der Waals surface area contributed by atoms with Gasteiger partial charge in [0, 0.05) is 13.1 Å². The van der Waals surface area contributed by atoms with Crippen molar-refractivity contribution < 1.29 is 15.0 Å². The number of carbonyl (C=O) groups is 1. The first kappa shape index (κ1) is 13.5. The Morgan fingerprint density at radius 3 is 2.19 bits per heavy atom. The highest BCUT2D eigenvalue weighted by molar-refractivity contribution is 5.75. The molecule has 1 aliphatic rings. The van der Waals surface area contributed by atoms with E-state index in [2.05, 4.69) is 11.8 Å². The normalized spacial score (nSPS) is 25.0. The minimum absolute atomic E-state index is 0.463. The maximum atomic E-state index is 11.3. The predicted octanol–water partition coefficient (Wildman–Crippen LogP) is 1.33. The van der Waals surface area contributed by atoms with Crippen molar-refractivity contribution >= 4 is 5.97 Å². The molecule has 0 amide bonds. The average molecular weight is 229 g/mol. The summed E-state index contributed by atoms with van der Waals surface area (Å²) in [7, 11) is 0. The smallest absolute Gasteiger partial charge is 0.312 e. The maximum absolute atomic E-state index is 11.3. The number of aliphatic carboxylic acids is 1. The number of hydrogen-bond acceptors (Lipinski definition) is 3. The quantitative estimate of drug-likeness (QED) is 0.763. The van der Waals surface area contributed by atoms with Crippen LogP contribution in [0, 0.1) is 5.41 Å². The Morgan fingerprint density at radius 1 is 1.38 bits per heavy atom. The number of carboxylic acid groups (broad SMARTS) is 1. The molecule has 0 aromatic heterocycles. The molecular formula is C12H23NO3. The lowest BCUT2D eigenvalue weighted by Gasteiger charge is -2.46. The second-order valence-corrected chi connectivity index (χ2v) is 4.96. The molecule has 1 aliphatic heterocycles. The van der Waals surface area contributed by atoms with Crippen LogP contribution in [0.2, 0.25) is 0 Å². The van der Waals surface area contributed by atoms with Gasteiger partial charge in [0.1, 0.15) is 0 Å². The Balaban J connectivity index is 2.82. The zero-order valence-corrected chi connectivity index (χ0v) is 10.5. The number of carboxylic acids is 1. The van der Waals surface area contributed by atoms with Crippen LogP contribution in [0.25, 0.3) is 0 Å². The number of hydrogen-bond donors (Lipinski definition) is 2. The monoisotopic (exact) mass is 229 g/mol. The van der Waals surface area contributed by atoms with Crippen molar-refractivity contribution in [2.24, 2.45) is 5.41 Å². The van der Waals surface area contributed by atoms with Crippen molar-refractivity contribution in [3.05, 3.63) is 0 Å². The lowest BCUT2D eigenvalue weighted by atomic mass is 9.66. The molecule has 0 aromatic carbocycles. The van der Waals surface area contributed by atoms with E-state index >= 15 is 0 Å². The Kier molecular flexibility index (Phi) is 3.97. The van der Waals surface area contributed by atoms with Crippen LogP contribution >= 0.6 is 0 Å². The molecule has 1 fully saturated rings. The predicted molar refractivity (Wildman–Crippen MR) is 62.3 cm³/mol. The molecule has 2 N–H and O–H groups in total. The van der Waals surface area contributed by atoms with Crippen LogP contribution in [0.5, 0.6) is 0 Å². The van der Waals surface area contributed by atoms with Crippen molar-refractivity contribution in [1.82, 2.24) is 4.90 Å². The molecule has 4 heteroatoms. The van der Waals surface area contributed by atoms with Gasteiger partial charge in [-0.1, -0.05) is 13.8 Å². The van der Waals surface area contributed by atoms with Gasteiger partial charge in [-0.3, -0.25) is 4.79 Å². The van der Waals surface area contributed by atoms with E-state index in [9.17, 15) is 15.0 Å². The number of aliphatic hydroxyl groups is 1. The summed E-state index contributed by atoms with van der Waals surface area (Å²) in [4.78, 5) is 13.6. The van der Waals surface area contributed by atoms with Crippen LogP contribution in [0.15, 0.2) is 0 Å². The highest BCUT2D eigenvalue weighted by Crippen LogP contribution is 2.42. The molecule has 1 saturated heterocycles. The van der Waals surface area contributed by atoms with Gasteiger partial charge < -0.3 is 15.1 Å². The summed E-state index contributed by atoms with van der Waals surface area (Å²) in [5.74, 6) is -0.887. The SMILES string of the molecule is CCN1CCC(O)(C(C)(CC)C(=O)O)CC1. The van der Waals surface area contributed by atoms with Crippen LogP contribution in [0.3, 0.4) is 0 Å². The van der Waals surface area contributed by atoms with Gasteiger partial charge in [0.05, 0.1) is 11.0 Å². The van der Waals surface area contributed by atoms with E-state index in [4.69, 9.17) is 0 Å². The van der Waals surface area contributed by atoms with Gasteiger partial charge in [-0.25, -0.2) is 0 Å². The highest BCUT2D eigenvalue weighted by atomic mass is 16.4. The average Bonchev–Trinajstić information content (AvgIpc) is 2.28. The number of likely N-dealkylation sites (tertiary alicyclic amines) is 1. The van der Waals surface area contributed by atoms with Crippen LogP contribution in [0.4, 0.5) is 0 Å². The Morgan fingerprint density at radius 2 is 1.88 bits per heavy atom. The minimum atomic E-state index is -1.06. The third kappa shape index (κ3) is 2.09. The maximum Gasteiger partial charge on any atom is 0.312 e. The Labute approximate surface area is 97.3 Å². The summed E-state index contributed by atoms with van der Waals surface area (Å²) < 4.78 is 0. The third-order valence-corrected chi connectivity index (χ3v) is 4.34. The molecule has 16 heavy (non-hydrogen) atoms. The second-order valence-electron chi connectivity index (χ2n) is 4.96. The van der Waals surface area contributed by atoms with E-state index in [1.807, 2.05) is 6.92 Å². The van der Waals surface area contributed by atoms with Crippen molar-refractivity contribution in [3.63, 3.8) is 0 Å². The van der Waals surface area contributed by atoms with Gasteiger partial charge in [0.2, 0.25) is 0 Å². The van der Waals surface area contributed by atoms with E-state index in [1.165, 1.54) is 0 Å². The van der Waals surface area contributed by atoms with Crippen molar-refractivity contribution in [2.45, 2.75) is 45.6 Å². The second kappa shape index (κ2) is 4.72. The molecule has 0 spiro atoms. The molecule has 0 aliphatic carbocycles. The minimum Gasteiger partial charge on any atom is -0.481 e. The molecule has 4 nitrogen and oxygen atoms in total. The molecule has 1 heterocycles. The number of piperidine rings is 1. The van der Waals surface area contributed by atoms with Crippen LogP contribution < -0.4 is 0 Å². The van der Waals surface area contributed by atoms with Gasteiger partial charge in [0.15, 0.2) is 0 Å². The summed E-state index contributed by atoms with van der Waals surface area (Å²) in [6.45, 7) is 8.12. The topological polar surface area (TPSA) is 60.8 Å². The first-order valence-electron chi connectivity index (χ1n) is 6.07. The van der Waals surface area contributed by atoms with Crippen molar-refractivity contribution in [3.8, 4) is 0 Å². The summed E-state index contributed by atoms with van der Waals surface area (Å²) in [5, 5.41) is 19.9. The van der Waals surface area contributed by atoms with Crippen molar-refractivity contribution in [1.29, 1.82) is 0 Å². The third-order valence-electron chi connectivity index (χ3n) is 4.34. The molecule has 0 saturated carbocycles. The number of nitrogens with zero attached hydrogens (tertiary/aromatic N) is 1. The van der Waals surface area contributed by atoms with Crippen LogP contribution in [0.1, 0.15) is 40.0 Å². The molecule has 0 aromatic rings. The summed E-state index contributed by atoms with van der Waals surface area (Å²) in [5.41, 5.74) is -2.08. The van der Waals surface area contributed by atoms with E-state index in [-0.39, 0.29) is 0 Å². The zero-order chi connectivity index (χ0) is 12.4. The van der Waals surface area contributed by atoms with Crippen molar-refractivity contribution in [2.75, 3.05) is 19.6 Å². The fourth-order valence-corrected chi connectivity index (χ4v) is 2.47. The van der Waals surface area contributed by atoms with Gasteiger partial charge in [-0.2, -0.15) is 0 Å². The summed E-state index contributed by atoms with van der Waals surface area (Å²) in [6.07, 6.45) is 1.57. The molecule has 1 unspecified atom stereocenters. The summed E-state index contributed by atoms with van der Waals surface area (Å²) in [6, 6.07) is 0. The molecule has 94 valence electrons. The molecule has 0 bridgehead atoms. The van der Waals surface area contributed by atoms with E-state index in [0.29, 0.717) is 19.3 Å². The molecule has 1 atom stereocenters. The fraction of sp³-hybridized carbons (Fsp3) is 0.917. The molecule has 0 radical (unpaired) electrons. The van der Waals surface area contributed by atoms with Gasteiger partial charge >= 0.3 is 5.97 Å². The Hall–Kier alpha value is -0.610. The van der Waals surface area contributed by atoms with Crippen LogP contribution in [-0.4, -0.2) is 46.3 Å². The van der Waals surface area contributed by atoms with E-state index < -0.39 is 17.0 Å². The van der Waals surface area contributed by atoms with E-state index in [0.717, 1.165) is 19.6 Å². The zero-order valence-electron chi connectivity index (χ0n) is 10.5. The van der Waals surface area contributed by atoms with Gasteiger partial charge in [-0.15, -0.1) is 0 Å². The van der Waals surface area contributed by atoms with Gasteiger partial charge in [0.25, 0.3) is 0 Å². The van der Waals surface area contributed by atoms with Crippen LogP contribution in [-0.2, 0) is 4.79 Å². The largest absolute Gasteiger partial charge is 0.481 e. The molecular weight excluding hydrogens is 206 g/mol. The highest BCUT2D eigenvalue weighted by Gasteiger charge is 2.52. The lowest BCUT2D eigenvalue weighted by molar-refractivity contribution is -0.174. The number of rotatable bonds is 4. The van der Waals surface area contributed by atoms with Gasteiger partial charge in [-0.05, 0) is 32.7 Å². The Bertz CT molecular complexity index is 259. The molecule has 1 rings (SSSR count). The van der Waals surface area contributed by atoms with E-state index in [1.54, 1.807) is 6.92 Å². The summed E-state index contributed by atoms with van der Waals surface area (Å²) >= 11 is 0. The fourth-order valence-electron chi connectivity index (χ4n) is 2.47. The first-order valence-corrected chi connectivity index (χ1v) is 6.07.